The second kappa shape index (κ2) is 5.88. The van der Waals surface area contributed by atoms with Gasteiger partial charge in [0.1, 0.15) is 23.8 Å². The van der Waals surface area contributed by atoms with Crippen LogP contribution in [0.5, 0.6) is 0 Å². The summed E-state index contributed by atoms with van der Waals surface area (Å²) in [5.74, 6) is -0.141. The van der Waals surface area contributed by atoms with Crippen molar-refractivity contribution in [3.8, 4) is 0 Å². The van der Waals surface area contributed by atoms with E-state index in [0.29, 0.717) is 11.6 Å². The Labute approximate surface area is 131 Å². The fourth-order valence-corrected chi connectivity index (χ4v) is 2.37. The molecule has 0 spiro atoms. The number of hydrogen-bond donors (Lipinski definition) is 2. The van der Waals surface area contributed by atoms with E-state index >= 15 is 0 Å². The molecule has 3 N–H and O–H groups in total. The topological polar surface area (TPSA) is 85.4 Å². The van der Waals surface area contributed by atoms with Gasteiger partial charge in [-0.2, -0.15) is 0 Å². The summed E-state index contributed by atoms with van der Waals surface area (Å²) >= 11 is 0. The second-order valence-corrected chi connectivity index (χ2v) is 5.27. The van der Waals surface area contributed by atoms with Gasteiger partial charge in [-0.15, -0.1) is 0 Å². The number of anilines is 2. The molecular weight excluding hydrogens is 304 g/mol. The van der Waals surface area contributed by atoms with Crippen LogP contribution in [0.25, 0.3) is 0 Å². The number of aliphatic imine (C=N–C) groups is 1. The van der Waals surface area contributed by atoms with Crippen molar-refractivity contribution in [1.29, 1.82) is 0 Å². The van der Waals surface area contributed by atoms with Gasteiger partial charge in [0, 0.05) is 23.6 Å². The van der Waals surface area contributed by atoms with Gasteiger partial charge in [-0.05, 0) is 31.2 Å². The number of ether oxygens (including phenoxy) is 1. The smallest absolute Gasteiger partial charge is 0.228 e. The van der Waals surface area contributed by atoms with Crippen LogP contribution in [0, 0.1) is 5.82 Å². The number of nitrogens with one attached hydrogen (secondary N) is 1. The zero-order chi connectivity index (χ0) is 16.4. The number of halogens is 2. The number of alkyl halides is 1. The van der Waals surface area contributed by atoms with Crippen molar-refractivity contribution < 1.29 is 13.5 Å². The van der Waals surface area contributed by atoms with Gasteiger partial charge in [0.05, 0.1) is 0 Å². The molecule has 0 saturated heterocycles. The van der Waals surface area contributed by atoms with E-state index in [1.54, 1.807) is 18.5 Å². The fourth-order valence-electron chi connectivity index (χ4n) is 2.37. The predicted octanol–water partition coefficient (Wildman–Crippen LogP) is 2.26. The monoisotopic (exact) mass is 319 g/mol. The zero-order valence-corrected chi connectivity index (χ0v) is 12.3. The third-order valence-electron chi connectivity index (χ3n) is 3.53. The third-order valence-corrected chi connectivity index (χ3v) is 3.53. The maximum absolute atomic E-state index is 14.2. The first-order valence-electron chi connectivity index (χ1n) is 6.93. The minimum absolute atomic E-state index is 0.0357. The first-order valence-corrected chi connectivity index (χ1v) is 6.93. The van der Waals surface area contributed by atoms with E-state index < -0.39 is 17.7 Å². The number of nitrogens with two attached hydrogens (primary N) is 1. The molecule has 0 amide bonds. The van der Waals surface area contributed by atoms with Gasteiger partial charge in [0.2, 0.25) is 12.3 Å². The van der Waals surface area contributed by atoms with Gasteiger partial charge in [-0.3, -0.25) is 4.99 Å². The minimum Gasteiger partial charge on any atom is -0.385 e. The number of benzene rings is 1. The maximum atomic E-state index is 14.2. The van der Waals surface area contributed by atoms with Crippen molar-refractivity contribution in [3.63, 3.8) is 0 Å². The molecule has 2 unspecified atom stereocenters. The van der Waals surface area contributed by atoms with Crippen LogP contribution in [0.15, 0.2) is 41.7 Å². The van der Waals surface area contributed by atoms with E-state index in [4.69, 9.17) is 10.5 Å². The summed E-state index contributed by atoms with van der Waals surface area (Å²) in [6.45, 7) is 1.32. The van der Waals surface area contributed by atoms with Gasteiger partial charge in [0.15, 0.2) is 0 Å². The van der Waals surface area contributed by atoms with Crippen molar-refractivity contribution in [1.82, 2.24) is 9.97 Å². The molecule has 1 aromatic heterocycles. The van der Waals surface area contributed by atoms with Gasteiger partial charge < -0.3 is 15.8 Å². The fraction of sp³-hybridized carbons (Fsp3) is 0.267. The van der Waals surface area contributed by atoms with Crippen molar-refractivity contribution in [2.75, 3.05) is 11.9 Å². The lowest BCUT2D eigenvalue weighted by Gasteiger charge is -2.33. The Morgan fingerprint density at radius 3 is 2.83 bits per heavy atom. The summed E-state index contributed by atoms with van der Waals surface area (Å²) < 4.78 is 33.4. The first-order chi connectivity index (χ1) is 11.0. The van der Waals surface area contributed by atoms with Crippen LogP contribution in [-0.2, 0) is 10.3 Å². The molecule has 23 heavy (non-hydrogen) atoms. The van der Waals surface area contributed by atoms with E-state index in [1.807, 2.05) is 0 Å². The van der Waals surface area contributed by atoms with Gasteiger partial charge >= 0.3 is 0 Å². The molecule has 6 nitrogen and oxygen atoms in total. The van der Waals surface area contributed by atoms with Crippen molar-refractivity contribution >= 4 is 17.5 Å². The molecule has 0 fully saturated rings. The number of aromatic nitrogens is 2. The quantitative estimate of drug-likeness (QED) is 0.906. The van der Waals surface area contributed by atoms with Crippen molar-refractivity contribution in [2.45, 2.75) is 18.8 Å². The SMILES string of the molecule is CC1(c2cc(Nc3ncccn3)ccc2F)N=C(N)COC1F. The van der Waals surface area contributed by atoms with E-state index in [1.165, 1.54) is 25.1 Å². The molecule has 0 bridgehead atoms. The molecule has 0 radical (unpaired) electrons. The largest absolute Gasteiger partial charge is 0.385 e. The highest BCUT2D eigenvalue weighted by Crippen LogP contribution is 2.37. The number of amidine groups is 1. The van der Waals surface area contributed by atoms with Crippen LogP contribution in [0.3, 0.4) is 0 Å². The van der Waals surface area contributed by atoms with Crippen molar-refractivity contribution in [3.05, 3.63) is 48.0 Å². The van der Waals surface area contributed by atoms with Crippen LogP contribution in [-0.4, -0.2) is 28.8 Å². The second-order valence-electron chi connectivity index (χ2n) is 5.27. The lowest BCUT2D eigenvalue weighted by molar-refractivity contribution is -0.0805. The van der Waals surface area contributed by atoms with Crippen LogP contribution < -0.4 is 11.1 Å². The lowest BCUT2D eigenvalue weighted by Crippen LogP contribution is -2.43. The zero-order valence-electron chi connectivity index (χ0n) is 12.3. The molecule has 8 heteroatoms. The highest BCUT2D eigenvalue weighted by atomic mass is 19.1. The number of rotatable bonds is 3. The van der Waals surface area contributed by atoms with Crippen LogP contribution >= 0.6 is 0 Å². The Morgan fingerprint density at radius 2 is 2.09 bits per heavy atom. The Balaban J connectivity index is 1.99. The first kappa shape index (κ1) is 15.3. The van der Waals surface area contributed by atoms with Gasteiger partial charge in [-0.25, -0.2) is 18.7 Å². The minimum atomic E-state index is -1.80. The maximum Gasteiger partial charge on any atom is 0.228 e. The van der Waals surface area contributed by atoms with Gasteiger partial charge in [0.25, 0.3) is 0 Å². The van der Waals surface area contributed by atoms with Crippen molar-refractivity contribution in [2.24, 2.45) is 10.7 Å². The highest BCUT2D eigenvalue weighted by molar-refractivity contribution is 5.82. The van der Waals surface area contributed by atoms with E-state index in [0.717, 1.165) is 0 Å². The third kappa shape index (κ3) is 2.98. The molecule has 1 aromatic carbocycles. The summed E-state index contributed by atoms with van der Waals surface area (Å²) in [5, 5.41) is 2.92. The highest BCUT2D eigenvalue weighted by Gasteiger charge is 2.42. The molecule has 1 aliphatic heterocycles. The Kier molecular flexibility index (Phi) is 3.91. The lowest BCUT2D eigenvalue weighted by atomic mass is 9.90. The Hall–Kier alpha value is -2.61. The average Bonchev–Trinajstić information content (AvgIpc) is 2.54. The van der Waals surface area contributed by atoms with E-state index in [-0.39, 0.29) is 18.0 Å². The summed E-state index contributed by atoms with van der Waals surface area (Å²) in [4.78, 5) is 12.1. The summed E-state index contributed by atoms with van der Waals surface area (Å²) in [6, 6.07) is 5.85. The summed E-state index contributed by atoms with van der Waals surface area (Å²) in [6.07, 6.45) is 1.34. The molecule has 2 atom stereocenters. The predicted molar refractivity (Wildman–Crippen MR) is 81.5 cm³/mol. The molecule has 0 saturated carbocycles. The number of nitrogens with zero attached hydrogens (tertiary/aromatic N) is 3. The van der Waals surface area contributed by atoms with E-state index in [9.17, 15) is 8.78 Å². The molecule has 120 valence electrons. The average molecular weight is 319 g/mol. The summed E-state index contributed by atoms with van der Waals surface area (Å²) in [7, 11) is 0. The molecular formula is C15H15F2N5O. The van der Waals surface area contributed by atoms with E-state index in [2.05, 4.69) is 20.3 Å². The molecule has 1 aliphatic rings. The summed E-state index contributed by atoms with van der Waals surface area (Å²) in [5.41, 5.74) is 4.60. The molecule has 2 aromatic rings. The Bertz CT molecular complexity index is 740. The molecule has 0 aliphatic carbocycles. The molecule has 2 heterocycles. The number of hydrogen-bond acceptors (Lipinski definition) is 6. The van der Waals surface area contributed by atoms with Crippen LogP contribution in [0.4, 0.5) is 20.4 Å². The standard InChI is InChI=1S/C15H15F2N5O/c1-15(13(17)23-8-12(18)22-15)10-7-9(3-4-11(10)16)21-14-19-5-2-6-20-14/h2-7,13H,8H2,1H3,(H2,18,22)(H,19,20,21). The van der Waals surface area contributed by atoms with Crippen LogP contribution in [0.2, 0.25) is 0 Å². The van der Waals surface area contributed by atoms with Crippen LogP contribution in [0.1, 0.15) is 12.5 Å². The normalized spacial score (nSPS) is 24.1. The van der Waals surface area contributed by atoms with Gasteiger partial charge in [-0.1, -0.05) is 0 Å². The Morgan fingerprint density at radius 1 is 1.35 bits per heavy atom. The molecule has 3 rings (SSSR count).